The van der Waals surface area contributed by atoms with E-state index in [0.29, 0.717) is 16.5 Å². The number of rotatable bonds is 4. The van der Waals surface area contributed by atoms with Crippen LogP contribution in [-0.4, -0.2) is 23.6 Å². The zero-order chi connectivity index (χ0) is 12.3. The standard InChI is InChI=1S/C11H9NO5/c13-10(14)6-17-12-11(15)8-5-16-9-4-2-1-3-7(8)9/h1-5H,6H2,(H,12,15)(H,13,14). The molecule has 1 amide bonds. The molecular formula is C11H9NO5. The minimum atomic E-state index is -1.16. The van der Waals surface area contributed by atoms with Gasteiger partial charge in [0.2, 0.25) is 0 Å². The molecule has 0 saturated carbocycles. The van der Waals surface area contributed by atoms with Gasteiger partial charge in [0.05, 0.1) is 5.56 Å². The van der Waals surface area contributed by atoms with Gasteiger partial charge in [0.15, 0.2) is 6.61 Å². The number of amides is 1. The summed E-state index contributed by atoms with van der Waals surface area (Å²) in [5.41, 5.74) is 2.91. The summed E-state index contributed by atoms with van der Waals surface area (Å²) in [6.45, 7) is -0.596. The number of hydrogen-bond donors (Lipinski definition) is 2. The summed E-state index contributed by atoms with van der Waals surface area (Å²) in [6, 6.07) is 7.01. The Kier molecular flexibility index (Phi) is 3.06. The van der Waals surface area contributed by atoms with Crippen molar-refractivity contribution in [2.24, 2.45) is 0 Å². The third-order valence-electron chi connectivity index (χ3n) is 2.09. The largest absolute Gasteiger partial charge is 0.479 e. The van der Waals surface area contributed by atoms with E-state index in [9.17, 15) is 9.59 Å². The Morgan fingerprint density at radius 2 is 2.12 bits per heavy atom. The second-order valence-corrected chi connectivity index (χ2v) is 3.26. The van der Waals surface area contributed by atoms with E-state index in [4.69, 9.17) is 9.52 Å². The minimum Gasteiger partial charge on any atom is -0.479 e. The Morgan fingerprint density at radius 1 is 1.35 bits per heavy atom. The maximum absolute atomic E-state index is 11.6. The highest BCUT2D eigenvalue weighted by molar-refractivity contribution is 6.05. The molecule has 6 heteroatoms. The zero-order valence-corrected chi connectivity index (χ0v) is 8.67. The number of hydroxylamine groups is 1. The van der Waals surface area contributed by atoms with E-state index in [1.807, 2.05) is 5.48 Å². The number of furan rings is 1. The van der Waals surface area contributed by atoms with Crippen LogP contribution in [0.25, 0.3) is 11.0 Å². The van der Waals surface area contributed by atoms with Gasteiger partial charge in [-0.1, -0.05) is 18.2 Å². The Balaban J connectivity index is 2.11. The lowest BCUT2D eigenvalue weighted by Crippen LogP contribution is -2.26. The molecule has 0 spiro atoms. The smallest absolute Gasteiger partial charge is 0.332 e. The summed E-state index contributed by atoms with van der Waals surface area (Å²) in [5.74, 6) is -1.71. The van der Waals surface area contributed by atoms with E-state index in [-0.39, 0.29) is 0 Å². The van der Waals surface area contributed by atoms with Gasteiger partial charge in [-0.2, -0.15) is 0 Å². The molecule has 17 heavy (non-hydrogen) atoms. The van der Waals surface area contributed by atoms with E-state index in [1.165, 1.54) is 6.26 Å². The number of aliphatic carboxylic acids is 1. The van der Waals surface area contributed by atoms with E-state index < -0.39 is 18.5 Å². The maximum atomic E-state index is 11.6. The van der Waals surface area contributed by atoms with Gasteiger partial charge < -0.3 is 9.52 Å². The van der Waals surface area contributed by atoms with Gasteiger partial charge in [0, 0.05) is 5.39 Å². The Bertz CT molecular complexity index is 560. The highest BCUT2D eigenvalue weighted by atomic mass is 16.7. The highest BCUT2D eigenvalue weighted by Crippen LogP contribution is 2.20. The van der Waals surface area contributed by atoms with Crippen LogP contribution in [0.2, 0.25) is 0 Å². The third-order valence-corrected chi connectivity index (χ3v) is 2.09. The fraction of sp³-hybridized carbons (Fsp3) is 0.0909. The van der Waals surface area contributed by atoms with Crippen LogP contribution in [0.5, 0.6) is 0 Å². The lowest BCUT2D eigenvalue weighted by atomic mass is 10.2. The highest BCUT2D eigenvalue weighted by Gasteiger charge is 2.13. The van der Waals surface area contributed by atoms with Crippen LogP contribution in [0.3, 0.4) is 0 Å². The molecule has 88 valence electrons. The lowest BCUT2D eigenvalue weighted by Gasteiger charge is -2.01. The number of carboxylic acid groups (broad SMARTS) is 1. The third kappa shape index (κ3) is 2.43. The number of para-hydroxylation sites is 1. The molecule has 0 radical (unpaired) electrons. The normalized spacial score (nSPS) is 10.4. The summed E-state index contributed by atoms with van der Waals surface area (Å²) >= 11 is 0. The molecule has 2 N–H and O–H groups in total. The molecule has 0 aliphatic carbocycles. The Morgan fingerprint density at radius 3 is 2.88 bits per heavy atom. The topological polar surface area (TPSA) is 88.8 Å². The van der Waals surface area contributed by atoms with Crippen LogP contribution >= 0.6 is 0 Å². The fourth-order valence-corrected chi connectivity index (χ4v) is 1.37. The number of carboxylic acids is 1. The average Bonchev–Trinajstić information content (AvgIpc) is 2.72. The first kappa shape index (κ1) is 11.2. The molecule has 2 aromatic rings. The van der Waals surface area contributed by atoms with Crippen LogP contribution in [0.15, 0.2) is 34.9 Å². The van der Waals surface area contributed by atoms with Crippen molar-refractivity contribution in [3.05, 3.63) is 36.1 Å². The SMILES string of the molecule is O=C(O)CONC(=O)c1coc2ccccc12. The zero-order valence-electron chi connectivity index (χ0n) is 8.67. The maximum Gasteiger partial charge on any atom is 0.332 e. The monoisotopic (exact) mass is 235 g/mol. The van der Waals surface area contributed by atoms with E-state index in [0.717, 1.165) is 0 Å². The number of carbonyl (C=O) groups is 2. The first-order chi connectivity index (χ1) is 8.18. The van der Waals surface area contributed by atoms with E-state index >= 15 is 0 Å². The van der Waals surface area contributed by atoms with Crippen LogP contribution < -0.4 is 5.48 Å². The van der Waals surface area contributed by atoms with Gasteiger partial charge in [0.25, 0.3) is 5.91 Å². The molecule has 1 aromatic heterocycles. The summed E-state index contributed by atoms with van der Waals surface area (Å²) in [7, 11) is 0. The van der Waals surface area contributed by atoms with Crippen molar-refractivity contribution in [3.8, 4) is 0 Å². The predicted octanol–water partition coefficient (Wildman–Crippen LogP) is 1.18. The van der Waals surface area contributed by atoms with Crippen LogP contribution in [0.4, 0.5) is 0 Å². The second kappa shape index (κ2) is 4.67. The lowest BCUT2D eigenvalue weighted by molar-refractivity contribution is -0.144. The average molecular weight is 235 g/mol. The molecule has 1 heterocycles. The van der Waals surface area contributed by atoms with Crippen molar-refractivity contribution in [3.63, 3.8) is 0 Å². The minimum absolute atomic E-state index is 0.297. The van der Waals surface area contributed by atoms with E-state index in [2.05, 4.69) is 4.84 Å². The summed E-state index contributed by atoms with van der Waals surface area (Å²) < 4.78 is 5.16. The van der Waals surface area contributed by atoms with E-state index in [1.54, 1.807) is 24.3 Å². The molecule has 0 fully saturated rings. The van der Waals surface area contributed by atoms with Gasteiger partial charge in [-0.05, 0) is 6.07 Å². The van der Waals surface area contributed by atoms with Crippen molar-refractivity contribution >= 4 is 22.8 Å². The van der Waals surface area contributed by atoms with Crippen molar-refractivity contribution < 1.29 is 24.0 Å². The van der Waals surface area contributed by atoms with Gasteiger partial charge >= 0.3 is 5.97 Å². The quantitative estimate of drug-likeness (QED) is 0.777. The molecule has 2 rings (SSSR count). The summed E-state index contributed by atoms with van der Waals surface area (Å²) in [5, 5.41) is 8.98. The molecule has 0 aliphatic rings. The van der Waals surface area contributed by atoms with Gasteiger partial charge in [-0.15, -0.1) is 0 Å². The van der Waals surface area contributed by atoms with Gasteiger partial charge in [-0.3, -0.25) is 9.63 Å². The predicted molar refractivity (Wildman–Crippen MR) is 57.3 cm³/mol. The number of fused-ring (bicyclic) bond motifs is 1. The van der Waals surface area contributed by atoms with Crippen LogP contribution in [0, 0.1) is 0 Å². The van der Waals surface area contributed by atoms with Gasteiger partial charge in [-0.25, -0.2) is 10.3 Å². The fourth-order valence-electron chi connectivity index (χ4n) is 1.37. The van der Waals surface area contributed by atoms with Gasteiger partial charge in [0.1, 0.15) is 11.8 Å². The summed E-state index contributed by atoms with van der Waals surface area (Å²) in [4.78, 5) is 26.3. The second-order valence-electron chi connectivity index (χ2n) is 3.26. The number of carbonyl (C=O) groups excluding carboxylic acids is 1. The van der Waals surface area contributed by atoms with Crippen molar-refractivity contribution in [1.82, 2.24) is 5.48 Å². The van der Waals surface area contributed by atoms with Crippen molar-refractivity contribution in [1.29, 1.82) is 0 Å². The first-order valence-electron chi connectivity index (χ1n) is 4.78. The molecular weight excluding hydrogens is 226 g/mol. The van der Waals surface area contributed by atoms with Crippen LogP contribution in [-0.2, 0) is 9.63 Å². The Labute approximate surface area is 95.7 Å². The molecule has 0 bridgehead atoms. The molecule has 1 aromatic carbocycles. The Hall–Kier alpha value is -2.34. The molecule has 0 atom stereocenters. The summed E-state index contributed by atoms with van der Waals surface area (Å²) in [6.07, 6.45) is 1.30. The van der Waals surface area contributed by atoms with Crippen LogP contribution in [0.1, 0.15) is 10.4 Å². The van der Waals surface area contributed by atoms with Crippen molar-refractivity contribution in [2.75, 3.05) is 6.61 Å². The van der Waals surface area contributed by atoms with Crippen molar-refractivity contribution in [2.45, 2.75) is 0 Å². The first-order valence-corrected chi connectivity index (χ1v) is 4.78. The molecule has 0 saturated heterocycles. The number of nitrogens with one attached hydrogen (secondary N) is 1. The molecule has 6 nitrogen and oxygen atoms in total. The molecule has 0 aliphatic heterocycles. The molecule has 0 unspecified atom stereocenters. The number of benzene rings is 1. The number of hydrogen-bond acceptors (Lipinski definition) is 4.